The summed E-state index contributed by atoms with van der Waals surface area (Å²) >= 11 is 0. The largest absolute Gasteiger partial charge is 0.360 e. The maximum atomic E-state index is 12.8. The first kappa shape index (κ1) is 16.1. The van der Waals surface area contributed by atoms with E-state index in [1.165, 1.54) is 6.26 Å². The number of aryl methyl sites for hydroxylation is 1. The first-order valence-electron chi connectivity index (χ1n) is 7.32. The molecule has 1 atom stereocenters. The highest BCUT2D eigenvalue weighted by Gasteiger charge is 2.22. The van der Waals surface area contributed by atoms with Crippen LogP contribution in [0.3, 0.4) is 0 Å². The van der Waals surface area contributed by atoms with Crippen LogP contribution in [0.5, 0.6) is 0 Å². The lowest BCUT2D eigenvalue weighted by Gasteiger charge is -2.04. The van der Waals surface area contributed by atoms with Gasteiger partial charge in [0.1, 0.15) is 17.0 Å². The molecule has 1 unspecified atom stereocenters. The number of hydrogen-bond donors (Lipinski definition) is 0. The zero-order valence-electron chi connectivity index (χ0n) is 13.3. The first-order valence-corrected chi connectivity index (χ1v) is 9.24. The molecule has 0 saturated carbocycles. The lowest BCUT2D eigenvalue weighted by molar-refractivity contribution is 0.100. The Balaban J connectivity index is 2.08. The van der Waals surface area contributed by atoms with E-state index in [-0.39, 0.29) is 5.56 Å². The summed E-state index contributed by atoms with van der Waals surface area (Å²) in [5, 5.41) is 3.96. The third-order valence-corrected chi connectivity index (χ3v) is 5.22. The van der Waals surface area contributed by atoms with Gasteiger partial charge in [-0.2, -0.15) is 4.36 Å². The second-order valence-corrected chi connectivity index (χ2v) is 7.60. The third kappa shape index (κ3) is 3.14. The molecule has 0 saturated heterocycles. The minimum atomic E-state index is -2.85. The van der Waals surface area contributed by atoms with Crippen LogP contribution in [0.15, 0.2) is 74.4 Å². The molecule has 0 aliphatic heterocycles. The van der Waals surface area contributed by atoms with E-state index in [0.29, 0.717) is 16.3 Å². The molecular weight excluding hydrogens is 324 g/mol. The number of nitrogens with zero attached hydrogens (tertiary/aromatic N) is 2. The van der Waals surface area contributed by atoms with E-state index in [1.54, 1.807) is 31.2 Å². The molecule has 1 amide bonds. The Morgan fingerprint density at radius 1 is 1.04 bits per heavy atom. The van der Waals surface area contributed by atoms with Gasteiger partial charge < -0.3 is 4.52 Å². The maximum Gasteiger partial charge on any atom is 0.291 e. The van der Waals surface area contributed by atoms with Gasteiger partial charge in [0.2, 0.25) is 0 Å². The molecule has 24 heavy (non-hydrogen) atoms. The highest BCUT2D eigenvalue weighted by atomic mass is 32.2. The summed E-state index contributed by atoms with van der Waals surface area (Å²) in [7, 11) is -2.85. The molecule has 0 radical (unpaired) electrons. The number of benzene rings is 2. The number of rotatable bonds is 3. The van der Waals surface area contributed by atoms with Crippen LogP contribution >= 0.6 is 0 Å². The highest BCUT2D eigenvalue weighted by molar-refractivity contribution is 7.93. The van der Waals surface area contributed by atoms with E-state index in [4.69, 9.17) is 4.52 Å². The van der Waals surface area contributed by atoms with Crippen molar-refractivity contribution in [2.24, 2.45) is 4.36 Å². The number of carbonyl (C=O) groups excluding carboxylic acids is 1. The average molecular weight is 340 g/mol. The minimum absolute atomic E-state index is 0.242. The van der Waals surface area contributed by atoms with Crippen molar-refractivity contribution >= 4 is 15.6 Å². The average Bonchev–Trinajstić information content (AvgIpc) is 2.98. The van der Waals surface area contributed by atoms with Gasteiger partial charge in [0.05, 0.1) is 9.73 Å². The van der Waals surface area contributed by atoms with Gasteiger partial charge in [-0.05, 0) is 19.1 Å². The van der Waals surface area contributed by atoms with Crippen LogP contribution in [-0.2, 0) is 9.73 Å². The second-order valence-electron chi connectivity index (χ2n) is 5.34. The van der Waals surface area contributed by atoms with E-state index in [1.807, 2.05) is 36.4 Å². The monoisotopic (exact) mass is 340 g/mol. The van der Waals surface area contributed by atoms with E-state index in [0.717, 1.165) is 5.56 Å². The molecule has 1 aromatic heterocycles. The van der Waals surface area contributed by atoms with Crippen LogP contribution in [0.1, 0.15) is 16.1 Å². The third-order valence-electron chi connectivity index (χ3n) is 3.56. The van der Waals surface area contributed by atoms with Gasteiger partial charge in [-0.1, -0.05) is 53.7 Å². The Labute approximate surface area is 140 Å². The second kappa shape index (κ2) is 6.41. The van der Waals surface area contributed by atoms with Crippen molar-refractivity contribution in [3.05, 3.63) is 72.0 Å². The van der Waals surface area contributed by atoms with Crippen LogP contribution in [0.4, 0.5) is 0 Å². The topological polar surface area (TPSA) is 72.5 Å². The van der Waals surface area contributed by atoms with Gasteiger partial charge in [0, 0.05) is 16.7 Å². The van der Waals surface area contributed by atoms with Gasteiger partial charge in [-0.25, -0.2) is 4.21 Å². The van der Waals surface area contributed by atoms with Crippen LogP contribution < -0.4 is 0 Å². The van der Waals surface area contributed by atoms with Crippen molar-refractivity contribution in [2.75, 3.05) is 6.26 Å². The van der Waals surface area contributed by atoms with Crippen molar-refractivity contribution in [1.29, 1.82) is 0 Å². The summed E-state index contributed by atoms with van der Waals surface area (Å²) < 4.78 is 21.9. The lowest BCUT2D eigenvalue weighted by Crippen LogP contribution is -2.05. The highest BCUT2D eigenvalue weighted by Crippen LogP contribution is 2.26. The molecule has 1 heterocycles. The standard InChI is InChI=1S/C18H16N2O3S/c1-13-16(17(19-23-13)14-9-5-3-6-10-14)18(21)20-24(2,22)15-11-7-4-8-12-15/h3-12H,1-2H3. The molecular formula is C18H16N2O3S. The fourth-order valence-corrected chi connectivity index (χ4v) is 3.52. The molecule has 122 valence electrons. The summed E-state index contributed by atoms with van der Waals surface area (Å²) in [4.78, 5) is 13.2. The Morgan fingerprint density at radius 2 is 1.62 bits per heavy atom. The summed E-state index contributed by atoms with van der Waals surface area (Å²) in [6.07, 6.45) is 1.45. The van der Waals surface area contributed by atoms with Crippen molar-refractivity contribution in [1.82, 2.24) is 5.16 Å². The van der Waals surface area contributed by atoms with Crippen molar-refractivity contribution < 1.29 is 13.5 Å². The van der Waals surface area contributed by atoms with Crippen LogP contribution in [-0.4, -0.2) is 21.5 Å². The van der Waals surface area contributed by atoms with Crippen molar-refractivity contribution in [3.8, 4) is 11.3 Å². The summed E-state index contributed by atoms with van der Waals surface area (Å²) in [6.45, 7) is 1.64. The molecule has 6 heteroatoms. The first-order chi connectivity index (χ1) is 11.5. The van der Waals surface area contributed by atoms with Crippen LogP contribution in [0, 0.1) is 6.92 Å². The Morgan fingerprint density at radius 3 is 2.25 bits per heavy atom. The van der Waals surface area contributed by atoms with Crippen LogP contribution in [0.25, 0.3) is 11.3 Å². The zero-order valence-corrected chi connectivity index (χ0v) is 14.1. The van der Waals surface area contributed by atoms with Gasteiger partial charge in [0.25, 0.3) is 5.91 Å². The summed E-state index contributed by atoms with van der Waals surface area (Å²) in [5.41, 5.74) is 1.40. The van der Waals surface area contributed by atoms with Crippen molar-refractivity contribution in [3.63, 3.8) is 0 Å². The molecule has 0 N–H and O–H groups in total. The van der Waals surface area contributed by atoms with Gasteiger partial charge >= 0.3 is 0 Å². The summed E-state index contributed by atoms with van der Waals surface area (Å²) in [5.74, 6) is -0.241. The molecule has 0 aliphatic carbocycles. The number of hydrogen-bond acceptors (Lipinski definition) is 4. The number of aromatic nitrogens is 1. The summed E-state index contributed by atoms with van der Waals surface area (Å²) in [6, 6.07) is 17.9. The quantitative estimate of drug-likeness (QED) is 0.724. The molecule has 0 bridgehead atoms. The van der Waals surface area contributed by atoms with Gasteiger partial charge in [-0.3, -0.25) is 4.79 Å². The molecule has 0 spiro atoms. The minimum Gasteiger partial charge on any atom is -0.360 e. The fraction of sp³-hybridized carbons (Fsp3) is 0.111. The SMILES string of the molecule is Cc1onc(-c2ccccc2)c1C(=O)N=S(C)(=O)c1ccccc1. The lowest BCUT2D eigenvalue weighted by atomic mass is 10.1. The smallest absolute Gasteiger partial charge is 0.291 e. The maximum absolute atomic E-state index is 12.8. The number of amides is 1. The van der Waals surface area contributed by atoms with Gasteiger partial charge in [0.15, 0.2) is 0 Å². The Hall–Kier alpha value is -2.73. The zero-order chi connectivity index (χ0) is 17.2. The predicted molar refractivity (Wildman–Crippen MR) is 92.2 cm³/mol. The Bertz CT molecular complexity index is 986. The van der Waals surface area contributed by atoms with E-state index >= 15 is 0 Å². The van der Waals surface area contributed by atoms with Crippen molar-refractivity contribution in [2.45, 2.75) is 11.8 Å². The van der Waals surface area contributed by atoms with Crippen LogP contribution in [0.2, 0.25) is 0 Å². The van der Waals surface area contributed by atoms with Gasteiger partial charge in [-0.15, -0.1) is 0 Å². The van der Waals surface area contributed by atoms with E-state index in [2.05, 4.69) is 9.52 Å². The molecule has 2 aromatic carbocycles. The Kier molecular flexibility index (Phi) is 4.31. The van der Waals surface area contributed by atoms with E-state index in [9.17, 15) is 9.00 Å². The predicted octanol–water partition coefficient (Wildman–Crippen LogP) is 3.95. The van der Waals surface area contributed by atoms with E-state index < -0.39 is 15.6 Å². The molecule has 0 aliphatic rings. The normalized spacial score (nSPS) is 13.2. The molecule has 3 rings (SSSR count). The molecule has 3 aromatic rings. The number of carbonyl (C=O) groups is 1. The fourth-order valence-electron chi connectivity index (χ4n) is 2.35. The molecule has 0 fully saturated rings. The molecule has 5 nitrogen and oxygen atoms in total.